The third kappa shape index (κ3) is 4.93. The molecule has 1 aliphatic heterocycles. The van der Waals surface area contributed by atoms with E-state index in [1.54, 1.807) is 0 Å². The number of H-pyrrole nitrogens is 1. The Bertz CT molecular complexity index is 1160. The summed E-state index contributed by atoms with van der Waals surface area (Å²) in [5.41, 5.74) is 2.83. The van der Waals surface area contributed by atoms with Crippen molar-refractivity contribution >= 4 is 10.9 Å². The lowest BCUT2D eigenvalue weighted by atomic mass is 9.92. The standard InChI is InChI=1S/C26H36N6O2/c1-3-24(25-28-29-30-32(25)17-22-10-7-13-34-22)31(21-8-5-4-6-9-21)16-20-15-19-12-11-18(2)14-23(19)27-26(20)33/h11-12,14-15,21-22,24H,3-10,13,16-17H2,1-2H3,(H,27,33)/t22-,24-/m0/s1. The Balaban J connectivity index is 1.48. The fraction of sp³-hybridized carbons (Fsp3) is 0.615. The molecule has 0 amide bonds. The predicted molar refractivity (Wildman–Crippen MR) is 132 cm³/mol. The van der Waals surface area contributed by atoms with E-state index in [0.29, 0.717) is 19.1 Å². The van der Waals surface area contributed by atoms with E-state index in [4.69, 9.17) is 4.74 Å². The minimum atomic E-state index is -0.00675. The number of fused-ring (bicyclic) bond motifs is 1. The van der Waals surface area contributed by atoms with E-state index in [1.807, 2.05) is 17.7 Å². The lowest BCUT2D eigenvalue weighted by Gasteiger charge is -2.39. The molecule has 5 rings (SSSR count). The first-order chi connectivity index (χ1) is 16.6. The quantitative estimate of drug-likeness (QED) is 0.535. The largest absolute Gasteiger partial charge is 0.376 e. The van der Waals surface area contributed by atoms with Crippen LogP contribution in [0.3, 0.4) is 0 Å². The SMILES string of the molecule is CC[C@@H](c1nnnn1C[C@@H]1CCCO1)N(Cc1cc2ccc(C)cc2[nH]c1=O)C1CCCCC1. The zero-order valence-corrected chi connectivity index (χ0v) is 20.4. The number of hydrogen-bond acceptors (Lipinski definition) is 6. The van der Waals surface area contributed by atoms with Gasteiger partial charge in [0.25, 0.3) is 5.56 Å². The molecule has 0 spiro atoms. The van der Waals surface area contributed by atoms with E-state index in [9.17, 15) is 4.79 Å². The van der Waals surface area contributed by atoms with E-state index in [0.717, 1.165) is 66.6 Å². The maximum atomic E-state index is 13.1. The van der Waals surface area contributed by atoms with Crippen LogP contribution in [0, 0.1) is 6.92 Å². The summed E-state index contributed by atoms with van der Waals surface area (Å²) < 4.78 is 7.79. The van der Waals surface area contributed by atoms with Crippen LogP contribution in [-0.2, 0) is 17.8 Å². The van der Waals surface area contributed by atoms with Crippen molar-refractivity contribution in [2.75, 3.05) is 6.61 Å². The summed E-state index contributed by atoms with van der Waals surface area (Å²) >= 11 is 0. The molecule has 34 heavy (non-hydrogen) atoms. The van der Waals surface area contributed by atoms with Crippen molar-refractivity contribution in [3.8, 4) is 0 Å². The van der Waals surface area contributed by atoms with Gasteiger partial charge in [-0.15, -0.1) is 5.10 Å². The third-order valence-electron chi connectivity index (χ3n) is 7.52. The number of benzene rings is 1. The summed E-state index contributed by atoms with van der Waals surface area (Å²) in [5.74, 6) is 0.886. The monoisotopic (exact) mass is 464 g/mol. The lowest BCUT2D eigenvalue weighted by Crippen LogP contribution is -2.41. The second kappa shape index (κ2) is 10.4. The molecule has 2 fully saturated rings. The van der Waals surface area contributed by atoms with Gasteiger partial charge in [0.15, 0.2) is 5.82 Å². The van der Waals surface area contributed by atoms with Crippen LogP contribution in [-0.4, -0.2) is 48.8 Å². The highest BCUT2D eigenvalue weighted by Crippen LogP contribution is 2.33. The van der Waals surface area contributed by atoms with E-state index >= 15 is 0 Å². The van der Waals surface area contributed by atoms with Gasteiger partial charge in [0.05, 0.1) is 18.7 Å². The molecule has 8 nitrogen and oxygen atoms in total. The molecule has 2 atom stereocenters. The minimum Gasteiger partial charge on any atom is -0.376 e. The molecule has 3 heterocycles. The maximum Gasteiger partial charge on any atom is 0.252 e. The van der Waals surface area contributed by atoms with E-state index in [2.05, 4.69) is 50.5 Å². The summed E-state index contributed by atoms with van der Waals surface area (Å²) in [7, 11) is 0. The van der Waals surface area contributed by atoms with Crippen molar-refractivity contribution in [2.24, 2.45) is 0 Å². The van der Waals surface area contributed by atoms with E-state index < -0.39 is 0 Å². The molecule has 3 aromatic rings. The Hall–Kier alpha value is -2.58. The van der Waals surface area contributed by atoms with Crippen molar-refractivity contribution in [3.63, 3.8) is 0 Å². The van der Waals surface area contributed by atoms with Crippen LogP contribution in [0.25, 0.3) is 10.9 Å². The molecule has 182 valence electrons. The molecule has 2 aliphatic rings. The van der Waals surface area contributed by atoms with Gasteiger partial charge in [0.1, 0.15) is 0 Å². The van der Waals surface area contributed by atoms with Crippen LogP contribution in [0.5, 0.6) is 0 Å². The highest BCUT2D eigenvalue weighted by Gasteiger charge is 2.32. The summed E-state index contributed by atoms with van der Waals surface area (Å²) in [6.45, 7) is 6.34. The van der Waals surface area contributed by atoms with Crippen LogP contribution >= 0.6 is 0 Å². The average molecular weight is 465 g/mol. The number of nitrogens with zero attached hydrogens (tertiary/aromatic N) is 5. The Kier molecular flexibility index (Phi) is 7.06. The van der Waals surface area contributed by atoms with Crippen molar-refractivity contribution in [1.29, 1.82) is 0 Å². The van der Waals surface area contributed by atoms with Crippen LogP contribution in [0.1, 0.15) is 81.3 Å². The number of ether oxygens (including phenoxy) is 1. The number of aromatic amines is 1. The molecule has 0 bridgehead atoms. The molecule has 8 heteroatoms. The normalized spacial score (nSPS) is 20.4. The number of aryl methyl sites for hydroxylation is 1. The Labute approximate surface area is 200 Å². The van der Waals surface area contributed by atoms with Gasteiger partial charge >= 0.3 is 0 Å². The van der Waals surface area contributed by atoms with Crippen molar-refractivity contribution in [1.82, 2.24) is 30.1 Å². The molecule has 2 aromatic heterocycles. The second-order valence-corrected chi connectivity index (χ2v) is 9.96. The Morgan fingerprint density at radius 2 is 2.03 bits per heavy atom. The molecular weight excluding hydrogens is 428 g/mol. The zero-order valence-electron chi connectivity index (χ0n) is 20.4. The van der Waals surface area contributed by atoms with E-state index in [-0.39, 0.29) is 17.7 Å². The summed E-state index contributed by atoms with van der Waals surface area (Å²) in [5, 5.41) is 13.9. The number of aromatic nitrogens is 5. The fourth-order valence-corrected chi connectivity index (χ4v) is 5.71. The Morgan fingerprint density at radius 3 is 2.79 bits per heavy atom. The van der Waals surface area contributed by atoms with E-state index in [1.165, 1.54) is 19.3 Å². The first-order valence-corrected chi connectivity index (χ1v) is 12.9. The van der Waals surface area contributed by atoms with Gasteiger partial charge in [0, 0.05) is 30.3 Å². The molecule has 1 N–H and O–H groups in total. The van der Waals surface area contributed by atoms with Crippen LogP contribution in [0.4, 0.5) is 0 Å². The third-order valence-corrected chi connectivity index (χ3v) is 7.52. The van der Waals surface area contributed by atoms with Gasteiger partial charge in [-0.3, -0.25) is 9.69 Å². The van der Waals surface area contributed by atoms with Gasteiger partial charge in [0.2, 0.25) is 0 Å². The minimum absolute atomic E-state index is 0.00675. The molecule has 1 saturated carbocycles. The van der Waals surface area contributed by atoms with Gasteiger partial charge < -0.3 is 9.72 Å². The van der Waals surface area contributed by atoms with Crippen molar-refractivity contribution in [2.45, 2.75) is 96.5 Å². The second-order valence-electron chi connectivity index (χ2n) is 9.96. The summed E-state index contributed by atoms with van der Waals surface area (Å²) in [4.78, 5) is 18.7. The average Bonchev–Trinajstić information content (AvgIpc) is 3.53. The van der Waals surface area contributed by atoms with Gasteiger partial charge in [-0.25, -0.2) is 4.68 Å². The Morgan fingerprint density at radius 1 is 1.18 bits per heavy atom. The van der Waals surface area contributed by atoms with Gasteiger partial charge in [-0.2, -0.15) is 0 Å². The number of rotatable bonds is 8. The number of hydrogen-bond donors (Lipinski definition) is 1. The van der Waals surface area contributed by atoms with Crippen LogP contribution < -0.4 is 5.56 Å². The van der Waals surface area contributed by atoms with Crippen molar-refractivity contribution < 1.29 is 4.74 Å². The molecule has 1 saturated heterocycles. The first kappa shape index (κ1) is 23.2. The number of nitrogens with one attached hydrogen (secondary N) is 1. The van der Waals surface area contributed by atoms with Gasteiger partial charge in [-0.1, -0.05) is 38.3 Å². The lowest BCUT2D eigenvalue weighted by molar-refractivity contribution is 0.0734. The first-order valence-electron chi connectivity index (χ1n) is 12.9. The molecule has 0 radical (unpaired) electrons. The molecule has 1 aromatic carbocycles. The predicted octanol–water partition coefficient (Wildman–Crippen LogP) is 4.29. The molecule has 0 unspecified atom stereocenters. The summed E-state index contributed by atoms with van der Waals surface area (Å²) in [6.07, 6.45) is 9.24. The molecular formula is C26H36N6O2. The zero-order chi connectivity index (χ0) is 23.5. The van der Waals surface area contributed by atoms with Gasteiger partial charge in [-0.05, 0) is 72.5 Å². The fourth-order valence-electron chi connectivity index (χ4n) is 5.71. The summed E-state index contributed by atoms with van der Waals surface area (Å²) in [6, 6.07) is 8.75. The van der Waals surface area contributed by atoms with Crippen LogP contribution in [0.2, 0.25) is 0 Å². The number of tetrazole rings is 1. The smallest absolute Gasteiger partial charge is 0.252 e. The highest BCUT2D eigenvalue weighted by atomic mass is 16.5. The number of pyridine rings is 1. The van der Waals surface area contributed by atoms with Crippen LogP contribution in [0.15, 0.2) is 29.1 Å². The topological polar surface area (TPSA) is 88.9 Å². The van der Waals surface area contributed by atoms with Crippen molar-refractivity contribution in [3.05, 3.63) is 51.6 Å². The maximum absolute atomic E-state index is 13.1. The highest BCUT2D eigenvalue weighted by molar-refractivity contribution is 5.79. The molecule has 1 aliphatic carbocycles.